The maximum atomic E-state index is 13.7. The van der Waals surface area contributed by atoms with E-state index in [-0.39, 0.29) is 30.0 Å². The first-order chi connectivity index (χ1) is 15.4. The lowest BCUT2D eigenvalue weighted by Crippen LogP contribution is -2.58. The quantitative estimate of drug-likeness (QED) is 0.600. The number of nitrogens with zero attached hydrogens (tertiary/aromatic N) is 1. The van der Waals surface area contributed by atoms with Gasteiger partial charge in [-0.25, -0.2) is 0 Å². The van der Waals surface area contributed by atoms with Gasteiger partial charge in [0.1, 0.15) is 11.3 Å². The maximum Gasteiger partial charge on any atom is 0.325 e. The summed E-state index contributed by atoms with van der Waals surface area (Å²) in [6.07, 6.45) is 4.66. The van der Waals surface area contributed by atoms with Gasteiger partial charge in [-0.2, -0.15) is 0 Å². The predicted octanol–water partition coefficient (Wildman–Crippen LogP) is 3.10. The smallest absolute Gasteiger partial charge is 0.325 e. The number of carboxylic acid groups (broad SMARTS) is 1. The van der Waals surface area contributed by atoms with Crippen molar-refractivity contribution in [3.8, 4) is 5.75 Å². The number of likely N-dealkylation sites (tertiary alicyclic amines) is 1. The lowest BCUT2D eigenvalue weighted by atomic mass is 9.76. The molecule has 1 aliphatic carbocycles. The summed E-state index contributed by atoms with van der Waals surface area (Å²) >= 11 is 1.46. The molecule has 7 nitrogen and oxygen atoms in total. The standard InChI is InChI=1S/C24H26N2O5S/c27-16-10-8-14(9-11-16)13-24(23(30)31)19-18(20(25-24)17-7-4-12-32-17)21(28)26(22(19)29)15-5-2-1-3-6-15/h4,7-12,15,18-20,25,27H,1-3,5-6,13H2,(H,30,31). The van der Waals surface area contributed by atoms with E-state index in [4.69, 9.17) is 0 Å². The monoisotopic (exact) mass is 454 g/mol. The summed E-state index contributed by atoms with van der Waals surface area (Å²) in [7, 11) is 0. The van der Waals surface area contributed by atoms with Crippen molar-refractivity contribution in [2.45, 2.75) is 56.1 Å². The first-order valence-electron chi connectivity index (χ1n) is 11.1. The fraction of sp³-hybridized carbons (Fsp3) is 0.458. The van der Waals surface area contributed by atoms with E-state index < -0.39 is 29.4 Å². The number of aromatic hydroxyl groups is 1. The number of carbonyl (C=O) groups excluding carboxylic acids is 2. The normalized spacial score (nSPS) is 30.6. The number of fused-ring (bicyclic) bond motifs is 1. The number of hydrogen-bond donors (Lipinski definition) is 3. The number of amides is 2. The Morgan fingerprint density at radius 2 is 1.81 bits per heavy atom. The number of carboxylic acids is 1. The first kappa shape index (κ1) is 21.2. The molecule has 2 aliphatic heterocycles. The van der Waals surface area contributed by atoms with Crippen LogP contribution in [0.15, 0.2) is 41.8 Å². The van der Waals surface area contributed by atoms with Crippen LogP contribution in [0, 0.1) is 11.8 Å². The van der Waals surface area contributed by atoms with E-state index in [0.717, 1.165) is 37.0 Å². The molecule has 1 aromatic carbocycles. The molecule has 2 aromatic rings. The second-order valence-electron chi connectivity index (χ2n) is 9.10. The Labute approximate surface area is 190 Å². The van der Waals surface area contributed by atoms with Gasteiger partial charge < -0.3 is 10.2 Å². The number of imide groups is 1. The number of phenolic OH excluding ortho intramolecular Hbond substituents is 1. The van der Waals surface area contributed by atoms with Gasteiger partial charge in [0, 0.05) is 17.3 Å². The van der Waals surface area contributed by atoms with Crippen molar-refractivity contribution < 1.29 is 24.6 Å². The number of hydrogen-bond acceptors (Lipinski definition) is 6. The van der Waals surface area contributed by atoms with Crippen molar-refractivity contribution in [3.63, 3.8) is 0 Å². The molecule has 3 heterocycles. The molecule has 8 heteroatoms. The van der Waals surface area contributed by atoms with Gasteiger partial charge in [0.2, 0.25) is 11.8 Å². The van der Waals surface area contributed by atoms with Crippen LogP contribution in [0.25, 0.3) is 0 Å². The van der Waals surface area contributed by atoms with Gasteiger partial charge in [0.25, 0.3) is 0 Å². The Morgan fingerprint density at radius 3 is 2.44 bits per heavy atom. The van der Waals surface area contributed by atoms with Crippen LogP contribution in [-0.2, 0) is 20.8 Å². The Morgan fingerprint density at radius 1 is 1.09 bits per heavy atom. The van der Waals surface area contributed by atoms with Crippen molar-refractivity contribution in [1.29, 1.82) is 0 Å². The van der Waals surface area contributed by atoms with Crippen molar-refractivity contribution in [2.75, 3.05) is 0 Å². The minimum Gasteiger partial charge on any atom is -0.508 e. The summed E-state index contributed by atoms with van der Waals surface area (Å²) in [5.74, 6) is -3.37. The summed E-state index contributed by atoms with van der Waals surface area (Å²) in [6.45, 7) is 0. The van der Waals surface area contributed by atoms with Crippen LogP contribution in [0.3, 0.4) is 0 Å². The van der Waals surface area contributed by atoms with E-state index in [1.165, 1.54) is 28.4 Å². The molecule has 0 bridgehead atoms. The van der Waals surface area contributed by atoms with Crippen molar-refractivity contribution in [1.82, 2.24) is 10.2 Å². The van der Waals surface area contributed by atoms with Crippen molar-refractivity contribution >= 4 is 29.1 Å². The highest BCUT2D eigenvalue weighted by Gasteiger charge is 2.69. The molecule has 2 amide bonds. The Balaban J connectivity index is 1.59. The fourth-order valence-electron chi connectivity index (χ4n) is 5.81. The van der Waals surface area contributed by atoms with Crippen LogP contribution in [-0.4, -0.2) is 44.5 Å². The third-order valence-corrected chi connectivity index (χ3v) is 8.23. The molecule has 32 heavy (non-hydrogen) atoms. The number of thiophene rings is 1. The van der Waals surface area contributed by atoms with E-state index in [2.05, 4.69) is 5.32 Å². The molecule has 3 fully saturated rings. The van der Waals surface area contributed by atoms with Crippen LogP contribution in [0.5, 0.6) is 5.75 Å². The average Bonchev–Trinajstić information content (AvgIpc) is 3.48. The zero-order chi connectivity index (χ0) is 22.5. The van der Waals surface area contributed by atoms with Gasteiger partial charge in [-0.1, -0.05) is 37.5 Å². The third-order valence-electron chi connectivity index (χ3n) is 7.28. The number of carbonyl (C=O) groups is 3. The van der Waals surface area contributed by atoms with Gasteiger partial charge in [0.05, 0.1) is 17.9 Å². The Kier molecular flexibility index (Phi) is 5.29. The highest BCUT2D eigenvalue weighted by molar-refractivity contribution is 7.10. The summed E-state index contributed by atoms with van der Waals surface area (Å²) in [5, 5.41) is 25.2. The molecule has 3 aliphatic rings. The second-order valence-corrected chi connectivity index (χ2v) is 10.1. The molecule has 0 spiro atoms. The van der Waals surface area contributed by atoms with Gasteiger partial charge in [0.15, 0.2) is 0 Å². The Bertz CT molecular complexity index is 1030. The molecule has 4 atom stereocenters. The predicted molar refractivity (Wildman–Crippen MR) is 118 cm³/mol. The molecule has 168 valence electrons. The SMILES string of the molecule is O=C1C2C(c3cccs3)NC(Cc3ccc(O)cc3)(C(=O)O)C2C(=O)N1C1CCCCC1. The zero-order valence-corrected chi connectivity index (χ0v) is 18.4. The highest BCUT2D eigenvalue weighted by Crippen LogP contribution is 2.51. The van der Waals surface area contributed by atoms with Gasteiger partial charge in [-0.15, -0.1) is 11.3 Å². The first-order valence-corrected chi connectivity index (χ1v) is 12.0. The van der Waals surface area contributed by atoms with Crippen molar-refractivity contribution in [3.05, 3.63) is 52.2 Å². The number of phenols is 1. The van der Waals surface area contributed by atoms with Crippen molar-refractivity contribution in [2.24, 2.45) is 11.8 Å². The fourth-order valence-corrected chi connectivity index (χ4v) is 6.63. The number of benzene rings is 1. The molecule has 1 saturated carbocycles. The summed E-state index contributed by atoms with van der Waals surface area (Å²) in [5.41, 5.74) is -0.924. The van der Waals surface area contributed by atoms with E-state index >= 15 is 0 Å². The minimum absolute atomic E-state index is 0.0448. The molecule has 2 saturated heterocycles. The zero-order valence-electron chi connectivity index (χ0n) is 17.6. The summed E-state index contributed by atoms with van der Waals surface area (Å²) in [4.78, 5) is 42.5. The number of rotatable bonds is 5. The molecular formula is C24H26N2O5S. The van der Waals surface area contributed by atoms with E-state index in [0.29, 0.717) is 5.56 Å². The van der Waals surface area contributed by atoms with E-state index in [9.17, 15) is 24.6 Å². The number of nitrogens with one attached hydrogen (secondary N) is 1. The minimum atomic E-state index is -1.60. The average molecular weight is 455 g/mol. The molecule has 0 radical (unpaired) electrons. The lowest BCUT2D eigenvalue weighted by Gasteiger charge is -2.34. The Hall–Kier alpha value is -2.71. The third kappa shape index (κ3) is 3.24. The lowest BCUT2D eigenvalue weighted by molar-refractivity contribution is -0.152. The van der Waals surface area contributed by atoms with E-state index in [1.807, 2.05) is 17.5 Å². The molecule has 3 N–H and O–H groups in total. The molecular weight excluding hydrogens is 428 g/mol. The summed E-state index contributed by atoms with van der Waals surface area (Å²) in [6, 6.07) is 9.42. The van der Waals surface area contributed by atoms with E-state index in [1.54, 1.807) is 12.1 Å². The van der Waals surface area contributed by atoms with Crippen LogP contribution < -0.4 is 5.32 Å². The molecule has 5 rings (SSSR count). The highest BCUT2D eigenvalue weighted by atomic mass is 32.1. The van der Waals surface area contributed by atoms with Crippen LogP contribution >= 0.6 is 11.3 Å². The number of aliphatic carboxylic acids is 1. The van der Waals surface area contributed by atoms with Gasteiger partial charge in [-0.05, 0) is 42.0 Å². The topological polar surface area (TPSA) is 107 Å². The maximum absolute atomic E-state index is 13.7. The van der Waals surface area contributed by atoms with Gasteiger partial charge in [-0.3, -0.25) is 24.6 Å². The largest absolute Gasteiger partial charge is 0.508 e. The molecule has 1 aromatic heterocycles. The van der Waals surface area contributed by atoms with Crippen LogP contribution in [0.1, 0.15) is 48.6 Å². The van der Waals surface area contributed by atoms with Crippen LogP contribution in [0.2, 0.25) is 0 Å². The summed E-state index contributed by atoms with van der Waals surface area (Å²) < 4.78 is 0. The van der Waals surface area contributed by atoms with Gasteiger partial charge >= 0.3 is 5.97 Å². The molecule has 4 unspecified atom stereocenters. The van der Waals surface area contributed by atoms with Crippen LogP contribution in [0.4, 0.5) is 0 Å². The second kappa shape index (κ2) is 8.01.